The normalized spacial score (nSPS) is 23.4. The molecule has 132 valence electrons. The van der Waals surface area contributed by atoms with Crippen LogP contribution in [0.1, 0.15) is 38.5 Å². The molecule has 1 aromatic carbocycles. The monoisotopic (exact) mass is 337 g/mol. The van der Waals surface area contributed by atoms with E-state index in [1.165, 1.54) is 12.1 Å². The lowest BCUT2D eigenvalue weighted by atomic mass is 10.1. The summed E-state index contributed by atoms with van der Waals surface area (Å²) in [6, 6.07) is 4.15. The van der Waals surface area contributed by atoms with Gasteiger partial charge in [-0.2, -0.15) is 0 Å². The van der Waals surface area contributed by atoms with E-state index in [1.54, 1.807) is 6.07 Å². The zero-order valence-electron chi connectivity index (χ0n) is 13.8. The van der Waals surface area contributed by atoms with E-state index in [4.69, 9.17) is 14.2 Å². The van der Waals surface area contributed by atoms with Crippen LogP contribution in [0.3, 0.4) is 0 Å². The van der Waals surface area contributed by atoms with Gasteiger partial charge in [0.2, 0.25) is 5.91 Å². The lowest BCUT2D eigenvalue weighted by molar-refractivity contribution is -0.116. The summed E-state index contributed by atoms with van der Waals surface area (Å²) in [5.41, 5.74) is 0.366. The third-order valence-electron chi connectivity index (χ3n) is 4.38. The predicted molar refractivity (Wildman–Crippen MR) is 87.7 cm³/mol. The lowest BCUT2D eigenvalue weighted by Crippen LogP contribution is -2.19. The molecule has 0 unspecified atom stereocenters. The van der Waals surface area contributed by atoms with Gasteiger partial charge >= 0.3 is 0 Å². The summed E-state index contributed by atoms with van der Waals surface area (Å²) in [6.07, 6.45) is 5.32. The summed E-state index contributed by atoms with van der Waals surface area (Å²) in [4.78, 5) is 12.1. The van der Waals surface area contributed by atoms with Crippen LogP contribution >= 0.6 is 0 Å². The first-order valence-corrected chi connectivity index (χ1v) is 8.66. The van der Waals surface area contributed by atoms with Gasteiger partial charge in [-0.05, 0) is 44.2 Å². The molecule has 0 aliphatic carbocycles. The third-order valence-corrected chi connectivity index (χ3v) is 4.38. The summed E-state index contributed by atoms with van der Waals surface area (Å²) >= 11 is 0. The molecule has 3 rings (SSSR count). The summed E-state index contributed by atoms with van der Waals surface area (Å²) in [5, 5.41) is 2.75. The number of amides is 1. The highest BCUT2D eigenvalue weighted by Gasteiger charge is 2.19. The number of nitrogens with one attached hydrogen (secondary N) is 1. The summed E-state index contributed by atoms with van der Waals surface area (Å²) in [5.74, 6) is -0.0932. The molecule has 0 bridgehead atoms. The molecule has 2 atom stereocenters. The van der Waals surface area contributed by atoms with Crippen LogP contribution in [0.15, 0.2) is 18.2 Å². The molecule has 2 fully saturated rings. The van der Waals surface area contributed by atoms with Crippen LogP contribution in [-0.4, -0.2) is 37.9 Å². The smallest absolute Gasteiger partial charge is 0.224 e. The molecule has 5 nitrogen and oxygen atoms in total. The van der Waals surface area contributed by atoms with Gasteiger partial charge < -0.3 is 19.5 Å². The Labute approximate surface area is 141 Å². The van der Waals surface area contributed by atoms with E-state index in [0.717, 1.165) is 38.9 Å². The first-order chi connectivity index (χ1) is 11.7. The SMILES string of the molecule is O=C(CC[C@H]1CCCO1)Nc1cc(F)ccc1OC[C@H]1CCCO1. The van der Waals surface area contributed by atoms with Crippen LogP contribution in [0.4, 0.5) is 10.1 Å². The molecule has 1 N–H and O–H groups in total. The van der Waals surface area contributed by atoms with Crippen molar-refractivity contribution in [1.29, 1.82) is 0 Å². The highest BCUT2D eigenvalue weighted by molar-refractivity contribution is 5.92. The van der Waals surface area contributed by atoms with E-state index in [-0.39, 0.29) is 18.1 Å². The second-order valence-corrected chi connectivity index (χ2v) is 6.31. The minimum Gasteiger partial charge on any atom is -0.489 e. The molecule has 0 aromatic heterocycles. The van der Waals surface area contributed by atoms with Crippen molar-refractivity contribution >= 4 is 11.6 Å². The first kappa shape index (κ1) is 17.2. The predicted octanol–water partition coefficient (Wildman–Crippen LogP) is 3.28. The molecule has 1 amide bonds. The van der Waals surface area contributed by atoms with Crippen molar-refractivity contribution in [3.63, 3.8) is 0 Å². The highest BCUT2D eigenvalue weighted by atomic mass is 19.1. The zero-order chi connectivity index (χ0) is 16.8. The number of anilines is 1. The molecule has 24 heavy (non-hydrogen) atoms. The fourth-order valence-electron chi connectivity index (χ4n) is 3.06. The molecule has 2 aliphatic rings. The fourth-order valence-corrected chi connectivity index (χ4v) is 3.06. The number of hydrogen-bond acceptors (Lipinski definition) is 4. The van der Waals surface area contributed by atoms with Gasteiger partial charge in [0.15, 0.2) is 0 Å². The largest absolute Gasteiger partial charge is 0.489 e. The summed E-state index contributed by atoms with van der Waals surface area (Å²) in [7, 11) is 0. The van der Waals surface area contributed by atoms with Crippen molar-refractivity contribution < 1.29 is 23.4 Å². The van der Waals surface area contributed by atoms with E-state index in [0.29, 0.717) is 30.9 Å². The third kappa shape index (κ3) is 4.92. The van der Waals surface area contributed by atoms with Gasteiger partial charge in [-0.15, -0.1) is 0 Å². The topological polar surface area (TPSA) is 56.8 Å². The number of rotatable bonds is 7. The maximum Gasteiger partial charge on any atom is 0.224 e. The zero-order valence-corrected chi connectivity index (χ0v) is 13.8. The number of carbonyl (C=O) groups is 1. The van der Waals surface area contributed by atoms with Gasteiger partial charge in [0.1, 0.15) is 18.2 Å². The van der Waals surface area contributed by atoms with Crippen LogP contribution in [-0.2, 0) is 14.3 Å². The van der Waals surface area contributed by atoms with Crippen molar-refractivity contribution in [3.8, 4) is 5.75 Å². The molecular weight excluding hydrogens is 313 g/mol. The Morgan fingerprint density at radius 2 is 1.96 bits per heavy atom. The van der Waals surface area contributed by atoms with Gasteiger partial charge in [-0.1, -0.05) is 0 Å². The van der Waals surface area contributed by atoms with Gasteiger partial charge in [-0.25, -0.2) is 4.39 Å². The molecule has 2 saturated heterocycles. The molecule has 2 heterocycles. The van der Waals surface area contributed by atoms with Crippen LogP contribution < -0.4 is 10.1 Å². The van der Waals surface area contributed by atoms with E-state index in [2.05, 4.69) is 5.32 Å². The maximum atomic E-state index is 13.5. The Morgan fingerprint density at radius 3 is 2.67 bits per heavy atom. The van der Waals surface area contributed by atoms with Crippen molar-refractivity contribution in [3.05, 3.63) is 24.0 Å². The molecule has 2 aliphatic heterocycles. The first-order valence-electron chi connectivity index (χ1n) is 8.66. The lowest BCUT2D eigenvalue weighted by Gasteiger charge is -2.16. The summed E-state index contributed by atoms with van der Waals surface area (Å²) < 4.78 is 30.3. The standard InChI is InChI=1S/C18H24FNO4/c19-13-5-7-17(24-12-15-4-2-10-23-15)16(11-13)20-18(21)8-6-14-3-1-9-22-14/h5,7,11,14-15H,1-4,6,8-10,12H2,(H,20,21)/t14-,15-/m1/s1. The maximum absolute atomic E-state index is 13.5. The Kier molecular flexibility index (Phi) is 6.04. The second kappa shape index (κ2) is 8.44. The minimum atomic E-state index is -0.408. The van der Waals surface area contributed by atoms with E-state index in [9.17, 15) is 9.18 Å². The van der Waals surface area contributed by atoms with Gasteiger partial charge in [0.05, 0.1) is 17.9 Å². The van der Waals surface area contributed by atoms with E-state index in [1.807, 2.05) is 0 Å². The number of carbonyl (C=O) groups excluding carboxylic acids is 1. The van der Waals surface area contributed by atoms with Crippen molar-refractivity contribution in [2.45, 2.75) is 50.7 Å². The molecule has 0 radical (unpaired) electrons. The van der Waals surface area contributed by atoms with Gasteiger partial charge in [-0.3, -0.25) is 4.79 Å². The Bertz CT molecular complexity index is 554. The van der Waals surface area contributed by atoms with Crippen LogP contribution in [0.2, 0.25) is 0 Å². The van der Waals surface area contributed by atoms with Crippen molar-refractivity contribution in [2.24, 2.45) is 0 Å². The molecule has 1 aromatic rings. The number of benzene rings is 1. The molecule has 0 spiro atoms. The minimum absolute atomic E-state index is 0.0677. The van der Waals surface area contributed by atoms with Crippen LogP contribution in [0, 0.1) is 5.82 Å². The van der Waals surface area contributed by atoms with Crippen LogP contribution in [0.25, 0.3) is 0 Å². The van der Waals surface area contributed by atoms with Crippen LogP contribution in [0.5, 0.6) is 5.75 Å². The molecule has 0 saturated carbocycles. The van der Waals surface area contributed by atoms with Crippen molar-refractivity contribution in [2.75, 3.05) is 25.1 Å². The van der Waals surface area contributed by atoms with Gasteiger partial charge in [0.25, 0.3) is 0 Å². The molecular formula is C18H24FNO4. The number of ether oxygens (including phenoxy) is 3. The Hall–Kier alpha value is -1.66. The second-order valence-electron chi connectivity index (χ2n) is 6.31. The van der Waals surface area contributed by atoms with Crippen molar-refractivity contribution in [1.82, 2.24) is 0 Å². The Morgan fingerprint density at radius 1 is 1.21 bits per heavy atom. The summed E-state index contributed by atoms with van der Waals surface area (Å²) in [6.45, 7) is 1.94. The Balaban J connectivity index is 1.54. The van der Waals surface area contributed by atoms with E-state index < -0.39 is 5.82 Å². The van der Waals surface area contributed by atoms with Gasteiger partial charge in [0, 0.05) is 25.7 Å². The van der Waals surface area contributed by atoms with E-state index >= 15 is 0 Å². The average molecular weight is 337 g/mol. The highest BCUT2D eigenvalue weighted by Crippen LogP contribution is 2.27. The number of hydrogen-bond donors (Lipinski definition) is 1. The molecule has 6 heteroatoms. The average Bonchev–Trinajstić information content (AvgIpc) is 3.26. The number of halogens is 1. The quantitative estimate of drug-likeness (QED) is 0.829. The fraction of sp³-hybridized carbons (Fsp3) is 0.611.